The van der Waals surface area contributed by atoms with Gasteiger partial charge in [-0.2, -0.15) is 4.98 Å². The van der Waals surface area contributed by atoms with Gasteiger partial charge in [-0.05, 0) is 35.4 Å². The van der Waals surface area contributed by atoms with E-state index >= 15 is 0 Å². The zero-order valence-electron chi connectivity index (χ0n) is 16.2. The first kappa shape index (κ1) is 18.5. The summed E-state index contributed by atoms with van der Waals surface area (Å²) in [7, 11) is 3.24. The van der Waals surface area contributed by atoms with Gasteiger partial charge < -0.3 is 19.8 Å². The first-order valence-corrected chi connectivity index (χ1v) is 9.06. The summed E-state index contributed by atoms with van der Waals surface area (Å²) in [5.74, 6) is 1.66. The van der Waals surface area contributed by atoms with Gasteiger partial charge in [0.15, 0.2) is 11.2 Å². The Morgan fingerprint density at radius 2 is 1.45 bits per heavy atom. The zero-order chi connectivity index (χ0) is 20.4. The van der Waals surface area contributed by atoms with Crippen molar-refractivity contribution in [1.82, 2.24) is 19.1 Å². The van der Waals surface area contributed by atoms with Crippen molar-refractivity contribution < 1.29 is 9.47 Å². The van der Waals surface area contributed by atoms with Gasteiger partial charge in [0.1, 0.15) is 11.5 Å². The molecule has 0 radical (unpaired) electrons. The molecular weight excluding hydrogens is 370 g/mol. The Morgan fingerprint density at radius 1 is 0.897 bits per heavy atom. The van der Waals surface area contributed by atoms with E-state index in [9.17, 15) is 4.79 Å². The van der Waals surface area contributed by atoms with E-state index in [1.54, 1.807) is 25.1 Å². The molecule has 0 atom stereocenters. The molecule has 0 aliphatic rings. The molecule has 4 aromatic rings. The van der Waals surface area contributed by atoms with Crippen LogP contribution in [-0.4, -0.2) is 33.3 Å². The van der Waals surface area contributed by atoms with Crippen molar-refractivity contribution >= 4 is 17.1 Å². The molecule has 0 saturated carbocycles. The van der Waals surface area contributed by atoms with Crippen molar-refractivity contribution in [3.8, 4) is 11.5 Å². The highest BCUT2D eigenvalue weighted by molar-refractivity contribution is 5.71. The molecule has 2 heterocycles. The van der Waals surface area contributed by atoms with Crippen LogP contribution >= 0.6 is 0 Å². The number of fused-ring (bicyclic) bond motifs is 1. The summed E-state index contributed by atoms with van der Waals surface area (Å²) in [6, 6.07) is 15.1. The minimum absolute atomic E-state index is 0.132. The molecule has 0 fully saturated rings. The van der Waals surface area contributed by atoms with Gasteiger partial charge in [0.2, 0.25) is 5.95 Å². The Kier molecular flexibility index (Phi) is 4.90. The van der Waals surface area contributed by atoms with Crippen molar-refractivity contribution in [2.24, 2.45) is 0 Å². The molecule has 8 nitrogen and oxygen atoms in total. The van der Waals surface area contributed by atoms with Gasteiger partial charge in [-0.1, -0.05) is 24.3 Å². The second-order valence-corrected chi connectivity index (χ2v) is 6.60. The zero-order valence-corrected chi connectivity index (χ0v) is 16.2. The van der Waals surface area contributed by atoms with E-state index in [4.69, 9.17) is 15.2 Å². The standard InChI is InChI=1S/C21H21N5O3/c1-28-16-7-3-14(4-8-16)11-25-13-23-19-18(25)20(27)26(21(22)24-19)12-15-5-9-17(29-2)10-6-15/h3-10,13H,11-12H2,1-2H3,(H2,22,24). The van der Waals surface area contributed by atoms with E-state index in [1.165, 1.54) is 4.57 Å². The van der Waals surface area contributed by atoms with Crippen LogP contribution in [0.1, 0.15) is 11.1 Å². The van der Waals surface area contributed by atoms with Crippen molar-refractivity contribution in [1.29, 1.82) is 0 Å². The van der Waals surface area contributed by atoms with Gasteiger partial charge in [-0.3, -0.25) is 9.36 Å². The van der Waals surface area contributed by atoms with Crippen molar-refractivity contribution in [2.75, 3.05) is 20.0 Å². The third-order valence-corrected chi connectivity index (χ3v) is 4.77. The minimum atomic E-state index is -0.227. The van der Waals surface area contributed by atoms with Crippen LogP contribution in [0.3, 0.4) is 0 Å². The van der Waals surface area contributed by atoms with Gasteiger partial charge in [0, 0.05) is 6.54 Å². The van der Waals surface area contributed by atoms with Crippen LogP contribution in [0.15, 0.2) is 59.7 Å². The number of imidazole rings is 1. The van der Waals surface area contributed by atoms with Crippen molar-refractivity contribution in [2.45, 2.75) is 13.1 Å². The summed E-state index contributed by atoms with van der Waals surface area (Å²) in [6.07, 6.45) is 1.61. The Hall–Kier alpha value is -3.81. The van der Waals surface area contributed by atoms with Crippen LogP contribution in [0.4, 0.5) is 5.95 Å². The number of rotatable bonds is 6. The second-order valence-electron chi connectivity index (χ2n) is 6.60. The Bertz CT molecular complexity index is 1190. The fourth-order valence-electron chi connectivity index (χ4n) is 3.19. The molecule has 2 aromatic heterocycles. The molecule has 0 amide bonds. The molecule has 8 heteroatoms. The largest absolute Gasteiger partial charge is 0.497 e. The lowest BCUT2D eigenvalue weighted by molar-refractivity contribution is 0.414. The number of benzene rings is 2. The molecule has 29 heavy (non-hydrogen) atoms. The van der Waals surface area contributed by atoms with Crippen molar-refractivity contribution in [3.63, 3.8) is 0 Å². The predicted molar refractivity (Wildman–Crippen MR) is 110 cm³/mol. The lowest BCUT2D eigenvalue weighted by Crippen LogP contribution is -2.26. The smallest absolute Gasteiger partial charge is 0.281 e. The average Bonchev–Trinajstić information content (AvgIpc) is 3.14. The maximum Gasteiger partial charge on any atom is 0.281 e. The predicted octanol–water partition coefficient (Wildman–Crippen LogP) is 2.29. The van der Waals surface area contributed by atoms with E-state index in [2.05, 4.69) is 9.97 Å². The molecule has 2 aromatic carbocycles. The summed E-state index contributed by atoms with van der Waals surface area (Å²) < 4.78 is 13.6. The van der Waals surface area contributed by atoms with Crippen LogP contribution < -0.4 is 20.8 Å². The van der Waals surface area contributed by atoms with Gasteiger partial charge in [-0.15, -0.1) is 0 Å². The van der Waals surface area contributed by atoms with Crippen molar-refractivity contribution in [3.05, 3.63) is 76.3 Å². The molecule has 0 aliphatic carbocycles. The number of aromatic nitrogens is 4. The van der Waals surface area contributed by atoms with E-state index in [0.29, 0.717) is 24.3 Å². The van der Waals surface area contributed by atoms with Gasteiger partial charge in [-0.25, -0.2) is 4.98 Å². The highest BCUT2D eigenvalue weighted by Gasteiger charge is 2.15. The number of nitrogens with two attached hydrogens (primary N) is 1. The lowest BCUT2D eigenvalue weighted by atomic mass is 10.2. The van der Waals surface area contributed by atoms with Gasteiger partial charge >= 0.3 is 0 Å². The average molecular weight is 391 g/mol. The van der Waals surface area contributed by atoms with Gasteiger partial charge in [0.05, 0.1) is 27.1 Å². The van der Waals surface area contributed by atoms with Crippen LogP contribution in [0.25, 0.3) is 11.2 Å². The minimum Gasteiger partial charge on any atom is -0.497 e. The van der Waals surface area contributed by atoms with E-state index < -0.39 is 0 Å². The molecule has 0 aliphatic heterocycles. The second kappa shape index (κ2) is 7.67. The van der Waals surface area contributed by atoms with E-state index in [0.717, 1.165) is 22.6 Å². The topological polar surface area (TPSA) is 97.2 Å². The molecule has 4 rings (SSSR count). The lowest BCUT2D eigenvalue weighted by Gasteiger charge is -2.11. The van der Waals surface area contributed by atoms with E-state index in [-0.39, 0.29) is 11.5 Å². The number of methoxy groups -OCH3 is 2. The number of anilines is 1. The molecule has 0 bridgehead atoms. The first-order valence-electron chi connectivity index (χ1n) is 9.06. The Morgan fingerprint density at radius 3 is 2.00 bits per heavy atom. The summed E-state index contributed by atoms with van der Waals surface area (Å²) in [6.45, 7) is 0.801. The molecule has 148 valence electrons. The number of nitrogen functional groups attached to an aromatic ring is 1. The first-order chi connectivity index (χ1) is 14.1. The van der Waals surface area contributed by atoms with Crippen LogP contribution in [0, 0.1) is 0 Å². The number of nitrogens with zero attached hydrogens (tertiary/aromatic N) is 4. The van der Waals surface area contributed by atoms with Crippen LogP contribution in [0.5, 0.6) is 11.5 Å². The number of hydrogen-bond acceptors (Lipinski definition) is 6. The SMILES string of the molecule is COc1ccc(Cn2c(N)nc3ncn(Cc4ccc(OC)cc4)c3c2=O)cc1. The highest BCUT2D eigenvalue weighted by Crippen LogP contribution is 2.16. The Balaban J connectivity index is 1.70. The third kappa shape index (κ3) is 3.64. The normalized spacial score (nSPS) is 11.0. The van der Waals surface area contributed by atoms with Crippen LogP contribution in [0.2, 0.25) is 0 Å². The molecule has 0 spiro atoms. The fourth-order valence-corrected chi connectivity index (χ4v) is 3.19. The molecule has 2 N–H and O–H groups in total. The summed E-state index contributed by atoms with van der Waals surface area (Å²) in [5, 5.41) is 0. The summed E-state index contributed by atoms with van der Waals surface area (Å²) in [5.41, 5.74) is 8.52. The Labute approximate surface area is 167 Å². The van der Waals surface area contributed by atoms with Crippen LogP contribution in [-0.2, 0) is 13.1 Å². The molecule has 0 unspecified atom stereocenters. The third-order valence-electron chi connectivity index (χ3n) is 4.77. The maximum atomic E-state index is 13.2. The highest BCUT2D eigenvalue weighted by atomic mass is 16.5. The summed E-state index contributed by atoms with van der Waals surface area (Å²) in [4.78, 5) is 21.8. The number of ether oxygens (including phenoxy) is 2. The number of hydrogen-bond donors (Lipinski definition) is 1. The summed E-state index contributed by atoms with van der Waals surface area (Å²) >= 11 is 0. The van der Waals surface area contributed by atoms with E-state index in [1.807, 2.05) is 48.5 Å². The van der Waals surface area contributed by atoms with Gasteiger partial charge in [0.25, 0.3) is 5.56 Å². The molecule has 0 saturated heterocycles. The fraction of sp³-hybridized carbons (Fsp3) is 0.190. The monoisotopic (exact) mass is 391 g/mol. The maximum absolute atomic E-state index is 13.2. The molecular formula is C21H21N5O3. The quantitative estimate of drug-likeness (QED) is 0.542.